The lowest BCUT2D eigenvalue weighted by molar-refractivity contribution is 0.0292. The van der Waals surface area contributed by atoms with Crippen LogP contribution in [-0.4, -0.2) is 46.7 Å². The Balaban J connectivity index is 2.11. The summed E-state index contributed by atoms with van der Waals surface area (Å²) in [6.45, 7) is 2.56. The number of imidazole rings is 1. The number of carbonyl (C=O) groups is 1. The zero-order valence-corrected chi connectivity index (χ0v) is 8.14. The van der Waals surface area contributed by atoms with Gasteiger partial charge in [0.2, 0.25) is 0 Å². The van der Waals surface area contributed by atoms with E-state index in [-0.39, 0.29) is 5.91 Å². The summed E-state index contributed by atoms with van der Waals surface area (Å²) in [5, 5.41) is 0. The molecule has 14 heavy (non-hydrogen) atoms. The summed E-state index contributed by atoms with van der Waals surface area (Å²) < 4.78 is 6.91. The molecule has 2 heterocycles. The molecule has 0 unspecified atom stereocenters. The molecule has 1 fully saturated rings. The fourth-order valence-electron chi connectivity index (χ4n) is 1.48. The van der Waals surface area contributed by atoms with Gasteiger partial charge in [0.15, 0.2) is 5.82 Å². The highest BCUT2D eigenvalue weighted by Crippen LogP contribution is 2.04. The summed E-state index contributed by atoms with van der Waals surface area (Å²) in [5.74, 6) is 0.479. The fourth-order valence-corrected chi connectivity index (χ4v) is 1.48. The zero-order valence-electron chi connectivity index (χ0n) is 8.14. The quantitative estimate of drug-likeness (QED) is 0.628. The predicted octanol–water partition coefficient (Wildman–Crippen LogP) is -0.108. The molecule has 0 radical (unpaired) electrons. The average molecular weight is 195 g/mol. The number of carbonyl (C=O) groups excluding carboxylic acids is 1. The van der Waals surface area contributed by atoms with Crippen molar-refractivity contribution < 1.29 is 9.53 Å². The number of rotatable bonds is 1. The van der Waals surface area contributed by atoms with Crippen LogP contribution in [0.15, 0.2) is 12.4 Å². The van der Waals surface area contributed by atoms with Crippen LogP contribution in [-0.2, 0) is 11.8 Å². The molecular formula is C9H13N3O2. The number of amides is 1. The molecule has 0 bridgehead atoms. The molecule has 1 aliphatic heterocycles. The predicted molar refractivity (Wildman–Crippen MR) is 49.9 cm³/mol. The van der Waals surface area contributed by atoms with Gasteiger partial charge in [-0.3, -0.25) is 4.79 Å². The van der Waals surface area contributed by atoms with E-state index in [1.807, 2.05) is 7.05 Å². The third kappa shape index (κ3) is 1.63. The summed E-state index contributed by atoms with van der Waals surface area (Å²) in [7, 11) is 1.82. The molecule has 0 aromatic carbocycles. The third-order valence-corrected chi connectivity index (χ3v) is 2.31. The van der Waals surface area contributed by atoms with Gasteiger partial charge in [-0.15, -0.1) is 0 Å². The number of aryl methyl sites for hydroxylation is 1. The van der Waals surface area contributed by atoms with Gasteiger partial charge in [0.05, 0.1) is 13.2 Å². The first kappa shape index (κ1) is 9.21. The van der Waals surface area contributed by atoms with Crippen molar-refractivity contribution in [2.75, 3.05) is 26.3 Å². The molecule has 1 aliphatic rings. The van der Waals surface area contributed by atoms with Crippen molar-refractivity contribution >= 4 is 5.91 Å². The first-order valence-corrected chi connectivity index (χ1v) is 4.63. The van der Waals surface area contributed by atoms with Crippen LogP contribution >= 0.6 is 0 Å². The number of hydrogen-bond donors (Lipinski definition) is 0. The van der Waals surface area contributed by atoms with Crippen LogP contribution < -0.4 is 0 Å². The summed E-state index contributed by atoms with van der Waals surface area (Å²) in [4.78, 5) is 17.7. The van der Waals surface area contributed by atoms with Gasteiger partial charge in [-0.25, -0.2) is 4.98 Å². The molecule has 0 spiro atoms. The Kier molecular flexibility index (Phi) is 2.49. The molecule has 0 saturated carbocycles. The molecule has 1 aromatic heterocycles. The van der Waals surface area contributed by atoms with Crippen LogP contribution in [0.4, 0.5) is 0 Å². The Morgan fingerprint density at radius 3 is 2.79 bits per heavy atom. The smallest absolute Gasteiger partial charge is 0.290 e. The maximum absolute atomic E-state index is 11.9. The van der Waals surface area contributed by atoms with E-state index in [1.165, 1.54) is 0 Å². The van der Waals surface area contributed by atoms with Crippen LogP contribution in [0.1, 0.15) is 10.6 Å². The van der Waals surface area contributed by atoms with Crippen LogP contribution in [0, 0.1) is 0 Å². The molecule has 1 aromatic rings. The maximum Gasteiger partial charge on any atom is 0.290 e. The minimum atomic E-state index is -0.0131. The van der Waals surface area contributed by atoms with Gasteiger partial charge >= 0.3 is 0 Å². The van der Waals surface area contributed by atoms with Gasteiger partial charge in [0, 0.05) is 32.5 Å². The second-order valence-electron chi connectivity index (χ2n) is 3.27. The van der Waals surface area contributed by atoms with Crippen molar-refractivity contribution in [3.63, 3.8) is 0 Å². The maximum atomic E-state index is 11.9. The van der Waals surface area contributed by atoms with Crippen molar-refractivity contribution in [1.82, 2.24) is 14.5 Å². The fraction of sp³-hybridized carbons (Fsp3) is 0.556. The van der Waals surface area contributed by atoms with Crippen molar-refractivity contribution in [1.29, 1.82) is 0 Å². The van der Waals surface area contributed by atoms with E-state index in [4.69, 9.17) is 4.74 Å². The molecule has 1 amide bonds. The summed E-state index contributed by atoms with van der Waals surface area (Å²) in [5.41, 5.74) is 0. The van der Waals surface area contributed by atoms with Gasteiger partial charge in [-0.2, -0.15) is 0 Å². The molecule has 1 saturated heterocycles. The molecule has 0 aliphatic carbocycles. The number of ether oxygens (including phenoxy) is 1. The monoisotopic (exact) mass is 195 g/mol. The number of hydrogen-bond acceptors (Lipinski definition) is 3. The minimum absolute atomic E-state index is 0.0131. The van der Waals surface area contributed by atoms with E-state index < -0.39 is 0 Å². The Hall–Kier alpha value is -1.36. The van der Waals surface area contributed by atoms with Crippen LogP contribution in [0.3, 0.4) is 0 Å². The molecule has 5 heteroatoms. The Labute approximate surface area is 82.3 Å². The lowest BCUT2D eigenvalue weighted by atomic mass is 10.4. The third-order valence-electron chi connectivity index (χ3n) is 2.31. The molecule has 76 valence electrons. The number of aromatic nitrogens is 2. The Morgan fingerprint density at radius 1 is 1.50 bits per heavy atom. The first-order chi connectivity index (χ1) is 6.79. The van der Waals surface area contributed by atoms with Gasteiger partial charge in [-0.05, 0) is 0 Å². The van der Waals surface area contributed by atoms with E-state index in [0.717, 1.165) is 0 Å². The van der Waals surface area contributed by atoms with Gasteiger partial charge < -0.3 is 14.2 Å². The minimum Gasteiger partial charge on any atom is -0.378 e. The summed E-state index contributed by atoms with van der Waals surface area (Å²) in [6, 6.07) is 0. The van der Waals surface area contributed by atoms with Crippen LogP contribution in [0.2, 0.25) is 0 Å². The molecule has 5 nitrogen and oxygen atoms in total. The highest BCUT2D eigenvalue weighted by Gasteiger charge is 2.21. The van der Waals surface area contributed by atoms with E-state index in [2.05, 4.69) is 4.98 Å². The Bertz CT molecular complexity index is 329. The molecular weight excluding hydrogens is 182 g/mol. The molecule has 0 atom stereocenters. The van der Waals surface area contributed by atoms with E-state index in [1.54, 1.807) is 21.9 Å². The van der Waals surface area contributed by atoms with Gasteiger partial charge in [0.25, 0.3) is 5.91 Å². The normalized spacial score (nSPS) is 17.1. The second-order valence-corrected chi connectivity index (χ2v) is 3.27. The lowest BCUT2D eigenvalue weighted by Crippen LogP contribution is -2.41. The Morgan fingerprint density at radius 2 is 2.21 bits per heavy atom. The van der Waals surface area contributed by atoms with Gasteiger partial charge in [0.1, 0.15) is 0 Å². The molecule has 2 rings (SSSR count). The van der Waals surface area contributed by atoms with Crippen molar-refractivity contribution in [3.05, 3.63) is 18.2 Å². The average Bonchev–Trinajstić information content (AvgIpc) is 2.65. The highest BCUT2D eigenvalue weighted by molar-refractivity contribution is 5.90. The summed E-state index contributed by atoms with van der Waals surface area (Å²) in [6.07, 6.45) is 3.40. The standard InChI is InChI=1S/C9H13N3O2/c1-11-3-2-10-8(11)9(13)12-4-6-14-7-5-12/h2-3H,4-7H2,1H3. The van der Waals surface area contributed by atoms with Crippen LogP contribution in [0.25, 0.3) is 0 Å². The first-order valence-electron chi connectivity index (χ1n) is 4.63. The summed E-state index contributed by atoms with van der Waals surface area (Å²) >= 11 is 0. The van der Waals surface area contributed by atoms with E-state index >= 15 is 0 Å². The largest absolute Gasteiger partial charge is 0.378 e. The lowest BCUT2D eigenvalue weighted by Gasteiger charge is -2.26. The molecule has 0 N–H and O–H groups in total. The van der Waals surface area contributed by atoms with E-state index in [0.29, 0.717) is 32.1 Å². The number of morpholine rings is 1. The zero-order chi connectivity index (χ0) is 9.97. The second kappa shape index (κ2) is 3.79. The van der Waals surface area contributed by atoms with Crippen molar-refractivity contribution in [2.45, 2.75) is 0 Å². The van der Waals surface area contributed by atoms with Crippen molar-refractivity contribution in [2.24, 2.45) is 7.05 Å². The van der Waals surface area contributed by atoms with Crippen molar-refractivity contribution in [3.8, 4) is 0 Å². The highest BCUT2D eigenvalue weighted by atomic mass is 16.5. The SMILES string of the molecule is Cn1ccnc1C(=O)N1CCOCC1. The van der Waals surface area contributed by atoms with Gasteiger partial charge in [-0.1, -0.05) is 0 Å². The van der Waals surface area contributed by atoms with E-state index in [9.17, 15) is 4.79 Å². The van der Waals surface area contributed by atoms with Crippen LogP contribution in [0.5, 0.6) is 0 Å². The number of nitrogens with zero attached hydrogens (tertiary/aromatic N) is 3. The topological polar surface area (TPSA) is 47.4 Å².